The van der Waals surface area contributed by atoms with E-state index >= 15 is 0 Å². The van der Waals surface area contributed by atoms with E-state index in [1.54, 1.807) is 0 Å². The van der Waals surface area contributed by atoms with Crippen molar-refractivity contribution in [2.24, 2.45) is 0 Å². The second-order valence-corrected chi connectivity index (χ2v) is 6.13. The molecule has 0 unspecified atom stereocenters. The van der Waals surface area contributed by atoms with Crippen LogP contribution in [0.1, 0.15) is 5.56 Å². The van der Waals surface area contributed by atoms with Crippen LogP contribution in [0.25, 0.3) is 11.0 Å². The summed E-state index contributed by atoms with van der Waals surface area (Å²) in [4.78, 5) is 31.2. The molecule has 2 aromatic carbocycles. The first-order chi connectivity index (χ1) is 12.1. The van der Waals surface area contributed by atoms with Gasteiger partial charge in [0.25, 0.3) is 5.91 Å². The molecule has 4 rings (SSSR count). The maximum Gasteiger partial charge on any atom is 0.323 e. The fourth-order valence-corrected chi connectivity index (χ4v) is 3.04. The molecule has 0 spiro atoms. The lowest BCUT2D eigenvalue weighted by Crippen LogP contribution is -2.47. The van der Waals surface area contributed by atoms with Gasteiger partial charge in [0.2, 0.25) is 0 Å². The number of hydrogen-bond acceptors (Lipinski definition) is 4. The first kappa shape index (κ1) is 15.3. The lowest BCUT2D eigenvalue weighted by molar-refractivity contribution is -0.128. The van der Waals surface area contributed by atoms with Crippen molar-refractivity contribution in [1.82, 2.24) is 15.3 Å². The van der Waals surface area contributed by atoms with E-state index in [1.165, 1.54) is 0 Å². The predicted molar refractivity (Wildman–Crippen MR) is 94.9 cm³/mol. The van der Waals surface area contributed by atoms with Gasteiger partial charge < -0.3 is 24.9 Å². The number of aromatic nitrogens is 2. The van der Waals surface area contributed by atoms with Gasteiger partial charge in [-0.3, -0.25) is 4.79 Å². The molecule has 0 aliphatic carbocycles. The van der Waals surface area contributed by atoms with Crippen LogP contribution in [0.5, 0.6) is 5.75 Å². The number of fused-ring (bicyclic) bond motifs is 2. The average Bonchev–Trinajstić information content (AvgIpc) is 2.99. The minimum Gasteiger partial charge on any atom is -0.477 e. The Balaban J connectivity index is 1.44. The lowest BCUT2D eigenvalue weighted by Gasteiger charge is -2.32. The van der Waals surface area contributed by atoms with E-state index in [4.69, 9.17) is 4.74 Å². The number of benzene rings is 2. The summed E-state index contributed by atoms with van der Waals surface area (Å²) in [5.74, 6) is 0.548. The largest absolute Gasteiger partial charge is 0.477 e. The number of nitrogens with one attached hydrogen (secondary N) is 3. The minimum absolute atomic E-state index is 0.163. The zero-order chi connectivity index (χ0) is 17.4. The van der Waals surface area contributed by atoms with Crippen LogP contribution in [0.2, 0.25) is 0 Å². The van der Waals surface area contributed by atoms with Crippen LogP contribution in [0.15, 0.2) is 47.3 Å². The Morgan fingerprint density at radius 2 is 2.04 bits per heavy atom. The average molecular weight is 338 g/mol. The van der Waals surface area contributed by atoms with Gasteiger partial charge >= 0.3 is 5.69 Å². The summed E-state index contributed by atoms with van der Waals surface area (Å²) in [7, 11) is 1.94. The predicted octanol–water partition coefficient (Wildman–Crippen LogP) is 1.37. The quantitative estimate of drug-likeness (QED) is 0.673. The number of anilines is 1. The van der Waals surface area contributed by atoms with Crippen molar-refractivity contribution < 1.29 is 9.53 Å². The van der Waals surface area contributed by atoms with E-state index in [2.05, 4.69) is 15.3 Å². The summed E-state index contributed by atoms with van der Waals surface area (Å²) in [6, 6.07) is 13.2. The first-order valence-corrected chi connectivity index (χ1v) is 8.05. The van der Waals surface area contributed by atoms with E-state index in [0.717, 1.165) is 22.3 Å². The normalized spacial score (nSPS) is 16.4. The summed E-state index contributed by atoms with van der Waals surface area (Å²) >= 11 is 0. The maximum absolute atomic E-state index is 12.5. The number of ether oxygens (including phenoxy) is 1. The van der Waals surface area contributed by atoms with Crippen LogP contribution < -0.4 is 20.6 Å². The highest BCUT2D eigenvalue weighted by Gasteiger charge is 2.28. The number of hydrogen-bond donors (Lipinski definition) is 3. The molecule has 1 atom stereocenters. The van der Waals surface area contributed by atoms with Gasteiger partial charge in [-0.25, -0.2) is 4.79 Å². The zero-order valence-corrected chi connectivity index (χ0v) is 13.7. The van der Waals surface area contributed by atoms with E-state index in [-0.39, 0.29) is 11.6 Å². The maximum atomic E-state index is 12.5. The van der Waals surface area contributed by atoms with Gasteiger partial charge in [0.1, 0.15) is 5.75 Å². The van der Waals surface area contributed by atoms with Gasteiger partial charge in [0.05, 0.1) is 23.3 Å². The Hall–Kier alpha value is -3.22. The first-order valence-electron chi connectivity index (χ1n) is 8.05. The number of rotatable bonds is 3. The molecular formula is C18H18N4O3. The second-order valence-electron chi connectivity index (χ2n) is 6.13. The minimum atomic E-state index is -0.560. The van der Waals surface area contributed by atoms with Crippen LogP contribution in [-0.2, 0) is 11.3 Å². The molecule has 0 radical (unpaired) electrons. The summed E-state index contributed by atoms with van der Waals surface area (Å²) < 4.78 is 5.82. The molecule has 3 N–H and O–H groups in total. The number of para-hydroxylation sites is 2. The standard InChI is InChI=1S/C18H18N4O3/c1-22-10-16(25-15-5-3-2-4-14(15)22)17(23)19-9-11-6-7-12-13(8-11)21-18(24)20-12/h2-8,16H,9-10H2,1H3,(H,19,23)(H2,20,21,24)/t16-/m1/s1. The number of likely N-dealkylation sites (N-methyl/N-ethyl adjacent to an activating group) is 1. The second kappa shape index (κ2) is 6.01. The van der Waals surface area contributed by atoms with Crippen molar-refractivity contribution in [3.63, 3.8) is 0 Å². The highest BCUT2D eigenvalue weighted by molar-refractivity contribution is 5.83. The number of H-pyrrole nitrogens is 2. The smallest absolute Gasteiger partial charge is 0.323 e. The van der Waals surface area contributed by atoms with Gasteiger partial charge in [0.15, 0.2) is 6.10 Å². The van der Waals surface area contributed by atoms with Crippen molar-refractivity contribution >= 4 is 22.6 Å². The molecule has 3 aromatic rings. The topological polar surface area (TPSA) is 90.2 Å². The fraction of sp³-hybridized carbons (Fsp3) is 0.222. The molecule has 25 heavy (non-hydrogen) atoms. The molecule has 2 heterocycles. The Morgan fingerprint density at radius 3 is 2.92 bits per heavy atom. The number of amides is 1. The molecule has 0 saturated carbocycles. The van der Waals surface area contributed by atoms with Crippen LogP contribution in [0.4, 0.5) is 5.69 Å². The van der Waals surface area contributed by atoms with E-state index in [0.29, 0.717) is 18.8 Å². The third-order valence-corrected chi connectivity index (χ3v) is 4.32. The van der Waals surface area contributed by atoms with Gasteiger partial charge in [-0.15, -0.1) is 0 Å². The van der Waals surface area contributed by atoms with Gasteiger partial charge in [-0.2, -0.15) is 0 Å². The molecule has 1 amide bonds. The fourth-order valence-electron chi connectivity index (χ4n) is 3.04. The number of imidazole rings is 1. The molecule has 128 valence electrons. The number of carbonyl (C=O) groups excluding carboxylic acids is 1. The molecule has 1 aliphatic heterocycles. The molecule has 0 fully saturated rings. The molecule has 0 bridgehead atoms. The van der Waals surface area contributed by atoms with Crippen molar-refractivity contribution in [2.75, 3.05) is 18.5 Å². The van der Waals surface area contributed by atoms with Gasteiger partial charge in [0, 0.05) is 13.6 Å². The number of nitrogens with zero attached hydrogens (tertiary/aromatic N) is 1. The third kappa shape index (κ3) is 2.96. The molecule has 1 aliphatic rings. The monoisotopic (exact) mass is 338 g/mol. The van der Waals surface area contributed by atoms with Crippen molar-refractivity contribution in [2.45, 2.75) is 12.6 Å². The Labute approximate surface area is 143 Å². The van der Waals surface area contributed by atoms with Crippen LogP contribution >= 0.6 is 0 Å². The SMILES string of the molecule is CN1C[C@H](C(=O)NCc2ccc3[nH]c(=O)[nH]c3c2)Oc2ccccc21. The summed E-state index contributed by atoms with van der Waals surface area (Å²) in [5, 5.41) is 2.90. The zero-order valence-electron chi connectivity index (χ0n) is 13.7. The van der Waals surface area contributed by atoms with Crippen molar-refractivity contribution in [3.05, 3.63) is 58.5 Å². The van der Waals surface area contributed by atoms with E-state index < -0.39 is 6.10 Å². The summed E-state index contributed by atoms with van der Waals surface area (Å²) in [6.45, 7) is 0.861. The molecule has 1 aromatic heterocycles. The summed E-state index contributed by atoms with van der Waals surface area (Å²) in [5.41, 5.74) is 3.11. The Morgan fingerprint density at radius 1 is 1.24 bits per heavy atom. The van der Waals surface area contributed by atoms with Crippen LogP contribution in [0, 0.1) is 0 Å². The highest BCUT2D eigenvalue weighted by Crippen LogP contribution is 2.31. The Bertz CT molecular complexity index is 991. The highest BCUT2D eigenvalue weighted by atomic mass is 16.5. The molecule has 0 saturated heterocycles. The van der Waals surface area contributed by atoms with E-state index in [9.17, 15) is 9.59 Å². The van der Waals surface area contributed by atoms with Crippen LogP contribution in [-0.4, -0.2) is 35.6 Å². The van der Waals surface area contributed by atoms with Gasteiger partial charge in [-0.1, -0.05) is 18.2 Å². The third-order valence-electron chi connectivity index (χ3n) is 4.32. The molecular weight excluding hydrogens is 320 g/mol. The van der Waals surface area contributed by atoms with Crippen molar-refractivity contribution in [3.8, 4) is 5.75 Å². The molecule has 7 heteroatoms. The molecule has 7 nitrogen and oxygen atoms in total. The van der Waals surface area contributed by atoms with Gasteiger partial charge in [-0.05, 0) is 29.8 Å². The summed E-state index contributed by atoms with van der Waals surface area (Å²) in [6.07, 6.45) is -0.560. The number of aromatic amines is 2. The lowest BCUT2D eigenvalue weighted by atomic mass is 10.1. The Kier molecular flexibility index (Phi) is 3.68. The van der Waals surface area contributed by atoms with Crippen LogP contribution in [0.3, 0.4) is 0 Å². The van der Waals surface area contributed by atoms with Crippen molar-refractivity contribution in [1.29, 1.82) is 0 Å². The number of carbonyl (C=O) groups is 1. The van der Waals surface area contributed by atoms with E-state index in [1.807, 2.05) is 54.4 Å².